The summed E-state index contributed by atoms with van der Waals surface area (Å²) < 4.78 is 0. The minimum atomic E-state index is -0.187. The molecule has 0 saturated carbocycles. The first kappa shape index (κ1) is 17.9. The summed E-state index contributed by atoms with van der Waals surface area (Å²) in [4.78, 5) is 25.3. The van der Waals surface area contributed by atoms with Crippen molar-refractivity contribution in [3.05, 3.63) is 88.1 Å². The molecule has 0 unspecified atom stereocenters. The minimum absolute atomic E-state index is 0.0331. The number of amides is 1. The van der Waals surface area contributed by atoms with Crippen molar-refractivity contribution in [2.75, 3.05) is 11.9 Å². The highest BCUT2D eigenvalue weighted by molar-refractivity contribution is 7.10. The van der Waals surface area contributed by atoms with E-state index < -0.39 is 0 Å². The van der Waals surface area contributed by atoms with Crippen LogP contribution in [-0.4, -0.2) is 18.2 Å². The summed E-state index contributed by atoms with van der Waals surface area (Å²) in [7, 11) is 0. The van der Waals surface area contributed by atoms with Crippen molar-refractivity contribution >= 4 is 28.7 Å². The van der Waals surface area contributed by atoms with Gasteiger partial charge < -0.3 is 10.6 Å². The lowest BCUT2D eigenvalue weighted by Crippen LogP contribution is -2.33. The molecule has 3 rings (SSSR count). The Morgan fingerprint density at radius 1 is 0.962 bits per heavy atom. The molecule has 0 bridgehead atoms. The molecule has 1 heterocycles. The predicted octanol–water partition coefficient (Wildman–Crippen LogP) is 4.27. The zero-order valence-electron chi connectivity index (χ0n) is 14.4. The number of hydrogen-bond donors (Lipinski definition) is 2. The Balaban J connectivity index is 1.71. The Bertz CT molecular complexity index is 876. The van der Waals surface area contributed by atoms with E-state index in [1.807, 2.05) is 60.0 Å². The number of carbonyl (C=O) groups is 2. The maximum absolute atomic E-state index is 12.5. The van der Waals surface area contributed by atoms with Crippen molar-refractivity contribution in [2.24, 2.45) is 0 Å². The SMILES string of the molecule is CC(=O)c1ccccc1NCC(=O)N[C@@H](c1ccccc1)c1cccs1. The van der Waals surface area contributed by atoms with Crippen LogP contribution in [-0.2, 0) is 4.79 Å². The molecule has 1 amide bonds. The maximum Gasteiger partial charge on any atom is 0.240 e. The third kappa shape index (κ3) is 4.37. The number of anilines is 1. The quantitative estimate of drug-likeness (QED) is 0.616. The normalized spacial score (nSPS) is 11.6. The Labute approximate surface area is 156 Å². The second-order valence-electron chi connectivity index (χ2n) is 5.88. The van der Waals surface area contributed by atoms with Crippen molar-refractivity contribution < 1.29 is 9.59 Å². The Morgan fingerprint density at radius 2 is 1.69 bits per heavy atom. The van der Waals surface area contributed by atoms with E-state index >= 15 is 0 Å². The van der Waals surface area contributed by atoms with Crippen LogP contribution in [0.25, 0.3) is 0 Å². The molecule has 0 fully saturated rings. The van der Waals surface area contributed by atoms with Gasteiger partial charge in [0.2, 0.25) is 5.91 Å². The molecule has 26 heavy (non-hydrogen) atoms. The Morgan fingerprint density at radius 3 is 2.38 bits per heavy atom. The van der Waals surface area contributed by atoms with Gasteiger partial charge in [-0.3, -0.25) is 9.59 Å². The van der Waals surface area contributed by atoms with E-state index in [0.717, 1.165) is 10.4 Å². The largest absolute Gasteiger partial charge is 0.376 e. The molecule has 0 aliphatic carbocycles. The second kappa shape index (κ2) is 8.45. The van der Waals surface area contributed by atoms with Gasteiger partial charge in [-0.05, 0) is 36.1 Å². The topological polar surface area (TPSA) is 58.2 Å². The third-order valence-corrected chi connectivity index (χ3v) is 4.95. The summed E-state index contributed by atoms with van der Waals surface area (Å²) >= 11 is 1.61. The van der Waals surface area contributed by atoms with Crippen molar-refractivity contribution in [1.29, 1.82) is 0 Å². The van der Waals surface area contributed by atoms with Crippen LogP contribution in [0, 0.1) is 0 Å². The van der Waals surface area contributed by atoms with Gasteiger partial charge in [-0.1, -0.05) is 48.5 Å². The summed E-state index contributed by atoms with van der Waals surface area (Å²) in [5, 5.41) is 8.14. The van der Waals surface area contributed by atoms with Gasteiger partial charge in [0, 0.05) is 16.1 Å². The fraction of sp³-hybridized carbons (Fsp3) is 0.143. The highest BCUT2D eigenvalue weighted by Gasteiger charge is 2.17. The molecule has 0 radical (unpaired) electrons. The van der Waals surface area contributed by atoms with Gasteiger partial charge in [-0.2, -0.15) is 0 Å². The van der Waals surface area contributed by atoms with E-state index in [9.17, 15) is 9.59 Å². The molecular weight excluding hydrogens is 344 g/mol. The lowest BCUT2D eigenvalue weighted by Gasteiger charge is -2.19. The molecule has 5 heteroatoms. The number of nitrogens with one attached hydrogen (secondary N) is 2. The number of benzene rings is 2. The Kier molecular flexibility index (Phi) is 5.81. The number of thiophene rings is 1. The zero-order valence-corrected chi connectivity index (χ0v) is 15.3. The fourth-order valence-electron chi connectivity index (χ4n) is 2.75. The van der Waals surface area contributed by atoms with Crippen molar-refractivity contribution in [3.63, 3.8) is 0 Å². The highest BCUT2D eigenvalue weighted by Crippen LogP contribution is 2.25. The Hall–Kier alpha value is -2.92. The van der Waals surface area contributed by atoms with Crippen molar-refractivity contribution in [1.82, 2.24) is 5.32 Å². The summed E-state index contributed by atoms with van der Waals surface area (Å²) in [6.45, 7) is 1.61. The lowest BCUT2D eigenvalue weighted by atomic mass is 10.1. The van der Waals surface area contributed by atoms with E-state index in [4.69, 9.17) is 0 Å². The first-order valence-electron chi connectivity index (χ1n) is 8.36. The maximum atomic E-state index is 12.5. The summed E-state index contributed by atoms with van der Waals surface area (Å²) in [5.74, 6) is -0.167. The van der Waals surface area contributed by atoms with Crippen LogP contribution in [0.15, 0.2) is 72.1 Å². The molecular formula is C21H20N2O2S. The van der Waals surface area contributed by atoms with Gasteiger partial charge in [-0.15, -0.1) is 11.3 Å². The number of ketones is 1. The summed E-state index contributed by atoms with van der Waals surface area (Å²) in [6.07, 6.45) is 0. The monoisotopic (exact) mass is 364 g/mol. The number of rotatable bonds is 7. The molecule has 1 atom stereocenters. The van der Waals surface area contributed by atoms with Crippen LogP contribution in [0.5, 0.6) is 0 Å². The van der Waals surface area contributed by atoms with Gasteiger partial charge in [0.25, 0.3) is 0 Å². The van der Waals surface area contributed by atoms with Crippen LogP contribution < -0.4 is 10.6 Å². The van der Waals surface area contributed by atoms with Gasteiger partial charge in [0.05, 0.1) is 12.6 Å². The fourth-order valence-corrected chi connectivity index (χ4v) is 3.55. The van der Waals surface area contributed by atoms with Gasteiger partial charge in [0.15, 0.2) is 5.78 Å². The number of carbonyl (C=O) groups excluding carboxylic acids is 2. The molecule has 0 saturated heterocycles. The van der Waals surface area contributed by atoms with E-state index in [1.165, 1.54) is 6.92 Å². The predicted molar refractivity (Wildman–Crippen MR) is 106 cm³/mol. The number of para-hydroxylation sites is 1. The minimum Gasteiger partial charge on any atom is -0.376 e. The second-order valence-corrected chi connectivity index (χ2v) is 6.86. The number of hydrogen-bond acceptors (Lipinski definition) is 4. The first-order valence-corrected chi connectivity index (χ1v) is 9.24. The van der Waals surface area contributed by atoms with Gasteiger partial charge in [0.1, 0.15) is 0 Å². The van der Waals surface area contributed by atoms with E-state index in [1.54, 1.807) is 23.5 Å². The average Bonchev–Trinajstić information content (AvgIpc) is 3.19. The number of Topliss-reactive ketones (excluding diaryl/α,β-unsaturated/α-hetero) is 1. The van der Waals surface area contributed by atoms with Gasteiger partial charge in [-0.25, -0.2) is 0 Å². The molecule has 0 aliphatic rings. The molecule has 132 valence electrons. The van der Waals surface area contributed by atoms with Crippen LogP contribution >= 0.6 is 11.3 Å². The standard InChI is InChI=1S/C21H20N2O2S/c1-15(24)17-10-5-6-11-18(17)22-14-20(25)23-21(19-12-7-13-26-19)16-8-3-2-4-9-16/h2-13,21-22H,14H2,1H3,(H,23,25)/t21-/m0/s1. The molecule has 0 spiro atoms. The molecule has 1 aromatic heterocycles. The summed E-state index contributed by atoms with van der Waals surface area (Å²) in [5.41, 5.74) is 2.29. The zero-order chi connectivity index (χ0) is 18.4. The lowest BCUT2D eigenvalue weighted by molar-refractivity contribution is -0.119. The highest BCUT2D eigenvalue weighted by atomic mass is 32.1. The first-order chi connectivity index (χ1) is 12.6. The molecule has 2 aromatic carbocycles. The third-order valence-electron chi connectivity index (χ3n) is 4.01. The van der Waals surface area contributed by atoms with Crippen LogP contribution in [0.3, 0.4) is 0 Å². The molecule has 3 aromatic rings. The van der Waals surface area contributed by atoms with E-state index in [2.05, 4.69) is 10.6 Å². The van der Waals surface area contributed by atoms with Gasteiger partial charge >= 0.3 is 0 Å². The molecule has 0 aliphatic heterocycles. The average molecular weight is 364 g/mol. The summed E-state index contributed by atoms with van der Waals surface area (Å²) in [6, 6.07) is 20.9. The smallest absolute Gasteiger partial charge is 0.240 e. The van der Waals surface area contributed by atoms with Crippen LogP contribution in [0.1, 0.15) is 33.8 Å². The molecule has 2 N–H and O–H groups in total. The van der Waals surface area contributed by atoms with Crippen LogP contribution in [0.4, 0.5) is 5.69 Å². The van der Waals surface area contributed by atoms with Crippen molar-refractivity contribution in [3.8, 4) is 0 Å². The van der Waals surface area contributed by atoms with Crippen molar-refractivity contribution in [2.45, 2.75) is 13.0 Å². The van der Waals surface area contributed by atoms with E-state index in [-0.39, 0.29) is 24.3 Å². The van der Waals surface area contributed by atoms with E-state index in [0.29, 0.717) is 11.3 Å². The van der Waals surface area contributed by atoms with Crippen LogP contribution in [0.2, 0.25) is 0 Å². The molecule has 4 nitrogen and oxygen atoms in total.